The second-order valence-electron chi connectivity index (χ2n) is 5.59. The zero-order valence-corrected chi connectivity index (χ0v) is 18.0. The molecule has 0 N–H and O–H groups in total. The molecular weight excluding hydrogens is 343 g/mol. The van der Waals surface area contributed by atoms with E-state index < -0.39 is 22.7 Å². The average Bonchev–Trinajstić information content (AvgIpc) is 2.45. The van der Waals surface area contributed by atoms with Crippen molar-refractivity contribution in [1.82, 2.24) is 18.7 Å². The number of hydrogen-bond acceptors (Lipinski definition) is 9. The highest BCUT2D eigenvalue weighted by Crippen LogP contribution is 2.80. The van der Waals surface area contributed by atoms with Crippen LogP contribution in [0.4, 0.5) is 0 Å². The minimum Gasteiger partial charge on any atom is -0.310 e. The normalized spacial score (nSPS) is 22.6. The third-order valence-corrected chi connectivity index (χ3v) is 14.2. The maximum Gasteiger partial charge on any atom is 0.345 e. The Balaban J connectivity index is 3.99. The van der Waals surface area contributed by atoms with Crippen molar-refractivity contribution >= 4 is 22.7 Å². The molecule has 0 aromatic heterocycles. The zero-order chi connectivity index (χ0) is 17.3. The van der Waals surface area contributed by atoms with Crippen LogP contribution in [0.25, 0.3) is 0 Å². The predicted octanol–water partition coefficient (Wildman–Crippen LogP) is 3.38. The second kappa shape index (κ2) is 7.14. The zero-order valence-electron chi connectivity index (χ0n) is 15.3. The topological polar surface area (TPSA) is 68.5 Å². The van der Waals surface area contributed by atoms with E-state index in [-0.39, 0.29) is 0 Å². The summed E-state index contributed by atoms with van der Waals surface area (Å²) in [7, 11) is 11.8. The molecule has 0 amide bonds. The van der Waals surface area contributed by atoms with E-state index in [1.165, 1.54) is 0 Å². The minimum atomic E-state index is -2.72. The fourth-order valence-corrected chi connectivity index (χ4v) is 15.1. The molecule has 9 nitrogen and oxygen atoms in total. The summed E-state index contributed by atoms with van der Waals surface area (Å²) in [6, 6.07) is 0. The van der Waals surface area contributed by atoms with Crippen molar-refractivity contribution in [2.24, 2.45) is 13.5 Å². The van der Waals surface area contributed by atoms with E-state index in [1.54, 1.807) is 14.2 Å². The number of hydrogen-bond donors (Lipinski definition) is 0. The largest absolute Gasteiger partial charge is 0.345 e. The molecule has 1 heterocycles. The van der Waals surface area contributed by atoms with Crippen LogP contribution in [0.3, 0.4) is 0 Å². The van der Waals surface area contributed by atoms with Gasteiger partial charge in [-0.1, -0.05) is 0 Å². The first-order valence-electron chi connectivity index (χ1n) is 6.76. The summed E-state index contributed by atoms with van der Waals surface area (Å²) in [6.45, 7) is 0. The predicted molar refractivity (Wildman–Crippen MR) is 96.8 cm³/mol. The quantitative estimate of drug-likeness (QED) is 0.665. The van der Waals surface area contributed by atoms with Gasteiger partial charge in [-0.2, -0.15) is 13.5 Å². The van der Waals surface area contributed by atoms with Crippen molar-refractivity contribution in [3.8, 4) is 0 Å². The van der Waals surface area contributed by atoms with Gasteiger partial charge in [-0.25, -0.2) is 18.7 Å². The third-order valence-electron chi connectivity index (χ3n) is 3.33. The lowest BCUT2D eigenvalue weighted by Gasteiger charge is -2.43. The number of nitrogens with zero attached hydrogens (tertiary/aromatic N) is 7. The van der Waals surface area contributed by atoms with Gasteiger partial charge in [0.15, 0.2) is 0 Å². The lowest BCUT2D eigenvalue weighted by Crippen LogP contribution is -2.25. The molecule has 0 unspecified atom stereocenters. The van der Waals surface area contributed by atoms with Gasteiger partial charge in [0.2, 0.25) is 15.0 Å². The summed E-state index contributed by atoms with van der Waals surface area (Å²) in [6.07, 6.45) is 0. The summed E-state index contributed by atoms with van der Waals surface area (Å²) in [5.74, 6) is 0. The first-order chi connectivity index (χ1) is 10.0. The molecule has 0 aromatic carbocycles. The maximum atomic E-state index is 5.68. The van der Waals surface area contributed by atoms with E-state index in [0.29, 0.717) is 0 Å². The summed E-state index contributed by atoms with van der Waals surface area (Å²) in [4.78, 5) is 0. The molecule has 0 atom stereocenters. The fourth-order valence-electron chi connectivity index (χ4n) is 2.09. The van der Waals surface area contributed by atoms with Crippen LogP contribution in [0.2, 0.25) is 0 Å². The van der Waals surface area contributed by atoms with E-state index >= 15 is 0 Å². The lowest BCUT2D eigenvalue weighted by molar-refractivity contribution is 0.328. The van der Waals surface area contributed by atoms with Gasteiger partial charge in [-0.15, -0.1) is 0 Å². The van der Waals surface area contributed by atoms with Gasteiger partial charge in [-0.3, -0.25) is 0 Å². The van der Waals surface area contributed by atoms with Crippen LogP contribution in [0.15, 0.2) is 13.5 Å². The van der Waals surface area contributed by atoms with Crippen molar-refractivity contribution in [1.29, 1.82) is 0 Å². The molecule has 1 aliphatic heterocycles. The van der Waals surface area contributed by atoms with Crippen LogP contribution < -0.4 is 0 Å². The summed E-state index contributed by atoms with van der Waals surface area (Å²) in [5.41, 5.74) is 0. The molecule has 0 aromatic rings. The van der Waals surface area contributed by atoms with Crippen molar-refractivity contribution in [2.75, 3.05) is 70.6 Å². The summed E-state index contributed by atoms with van der Waals surface area (Å²) < 4.78 is 34.6. The van der Waals surface area contributed by atoms with Gasteiger partial charge in [0.25, 0.3) is 0 Å². The minimum absolute atomic E-state index is 1.61. The average molecular weight is 373 g/mol. The third kappa shape index (κ3) is 3.30. The van der Waals surface area contributed by atoms with Crippen LogP contribution in [-0.2, 0) is 9.05 Å². The molecule has 0 saturated carbocycles. The second-order valence-corrected chi connectivity index (χ2v) is 14.8. The van der Waals surface area contributed by atoms with Gasteiger partial charge in [0, 0.05) is 14.2 Å². The number of rotatable bonds is 6. The first-order valence-corrected chi connectivity index (χ1v) is 11.5. The Labute approximate surface area is 135 Å². The molecule has 1 rings (SSSR count). The molecule has 1 aliphatic rings. The smallest absolute Gasteiger partial charge is 0.310 e. The van der Waals surface area contributed by atoms with Crippen LogP contribution in [0, 0.1) is 0 Å². The maximum absolute atomic E-state index is 5.68. The van der Waals surface area contributed by atoms with E-state index in [4.69, 9.17) is 22.6 Å². The molecule has 0 aliphatic carbocycles. The van der Waals surface area contributed by atoms with Crippen LogP contribution in [-0.4, -0.2) is 89.3 Å². The van der Waals surface area contributed by atoms with Gasteiger partial charge in [0.05, 0.1) is 0 Å². The molecule has 0 saturated heterocycles. The monoisotopic (exact) mass is 373 g/mol. The van der Waals surface area contributed by atoms with E-state index in [2.05, 4.69) is 18.7 Å². The Bertz CT molecular complexity index is 519. The highest BCUT2D eigenvalue weighted by Gasteiger charge is 2.42. The highest BCUT2D eigenvalue weighted by atomic mass is 31.3. The highest BCUT2D eigenvalue weighted by molar-refractivity contribution is 7.81. The standard InChI is InChI=1S/C10H30N7O2P3/c1-14(2)20(15(3)4)11-21(16(5)6,17(7)8)13-22(12-20,18-9)19-10/h1-10H3. The molecule has 0 radical (unpaired) electrons. The SMILES string of the molecule is COP1(OC)=NP(N(C)C)(N(C)C)=NP(N(C)C)(N(C)C)=N1. The van der Waals surface area contributed by atoms with Crippen molar-refractivity contribution < 1.29 is 9.05 Å². The van der Waals surface area contributed by atoms with Crippen molar-refractivity contribution in [3.05, 3.63) is 0 Å². The Morgan fingerprint density at radius 1 is 0.545 bits per heavy atom. The van der Waals surface area contributed by atoms with Gasteiger partial charge in [0.1, 0.15) is 0 Å². The molecule has 0 bridgehead atoms. The van der Waals surface area contributed by atoms with Crippen LogP contribution in [0.5, 0.6) is 0 Å². The Kier molecular flexibility index (Phi) is 6.65. The molecule has 12 heteroatoms. The Morgan fingerprint density at radius 2 is 0.864 bits per heavy atom. The molecule has 0 spiro atoms. The van der Waals surface area contributed by atoms with E-state index in [0.717, 1.165) is 0 Å². The molecule has 0 fully saturated rings. The molecular formula is C10H30N7O2P3. The van der Waals surface area contributed by atoms with Gasteiger partial charge in [-0.05, 0) is 56.4 Å². The lowest BCUT2D eigenvalue weighted by atomic mass is 11.3. The summed E-state index contributed by atoms with van der Waals surface area (Å²) >= 11 is 0. The van der Waals surface area contributed by atoms with Crippen molar-refractivity contribution in [3.63, 3.8) is 0 Å². The molecule has 132 valence electrons. The van der Waals surface area contributed by atoms with Gasteiger partial charge < -0.3 is 9.05 Å². The molecule has 22 heavy (non-hydrogen) atoms. The summed E-state index contributed by atoms with van der Waals surface area (Å²) in [5, 5.41) is 0. The van der Waals surface area contributed by atoms with E-state index in [1.807, 2.05) is 56.4 Å². The Hall–Kier alpha value is 0.450. The first kappa shape index (κ1) is 20.5. The van der Waals surface area contributed by atoms with Crippen molar-refractivity contribution in [2.45, 2.75) is 0 Å². The van der Waals surface area contributed by atoms with Crippen LogP contribution >= 0.6 is 22.7 Å². The van der Waals surface area contributed by atoms with Gasteiger partial charge >= 0.3 is 7.66 Å². The Morgan fingerprint density at radius 3 is 1.14 bits per heavy atom. The van der Waals surface area contributed by atoms with Crippen LogP contribution in [0.1, 0.15) is 0 Å². The van der Waals surface area contributed by atoms with E-state index in [9.17, 15) is 0 Å². The fraction of sp³-hybridized carbons (Fsp3) is 1.00.